The van der Waals surface area contributed by atoms with Crippen LogP contribution >= 0.6 is 0 Å². The Balaban J connectivity index is 3.04. The maximum absolute atomic E-state index is 13.8. The van der Waals surface area contributed by atoms with Gasteiger partial charge >= 0.3 is 0 Å². The highest BCUT2D eigenvalue weighted by atomic mass is 32.2. The van der Waals surface area contributed by atoms with E-state index < -0.39 is 21.1 Å². The Labute approximate surface area is 113 Å². The number of sulfonamides is 1. The van der Waals surface area contributed by atoms with Gasteiger partial charge in [0.25, 0.3) is 0 Å². The molecule has 0 heterocycles. The highest BCUT2D eigenvalue weighted by molar-refractivity contribution is 7.89. The molecule has 0 aliphatic rings. The molecule has 0 unspecified atom stereocenters. The predicted molar refractivity (Wildman–Crippen MR) is 71.3 cm³/mol. The van der Waals surface area contributed by atoms with Crippen molar-refractivity contribution in [3.63, 3.8) is 0 Å². The van der Waals surface area contributed by atoms with Crippen LogP contribution < -0.4 is 0 Å². The van der Waals surface area contributed by atoms with Gasteiger partial charge in [0.05, 0.1) is 16.9 Å². The Hall–Kier alpha value is -1.45. The van der Waals surface area contributed by atoms with E-state index in [9.17, 15) is 12.8 Å². The smallest absolute Gasteiger partial charge is 0.212 e. The molecule has 0 aliphatic heterocycles. The number of benzene rings is 1. The van der Waals surface area contributed by atoms with Crippen molar-refractivity contribution >= 4 is 10.0 Å². The zero-order valence-electron chi connectivity index (χ0n) is 11.2. The van der Waals surface area contributed by atoms with E-state index in [0.29, 0.717) is 0 Å². The van der Waals surface area contributed by atoms with Crippen molar-refractivity contribution < 1.29 is 12.8 Å². The molecule has 0 aliphatic carbocycles. The molecule has 4 nitrogen and oxygen atoms in total. The van der Waals surface area contributed by atoms with Crippen LogP contribution in [-0.2, 0) is 16.6 Å². The minimum atomic E-state index is -3.42. The van der Waals surface area contributed by atoms with Crippen LogP contribution in [-0.4, -0.2) is 24.5 Å². The van der Waals surface area contributed by atoms with Gasteiger partial charge in [-0.1, -0.05) is 13.0 Å². The van der Waals surface area contributed by atoms with Crippen molar-refractivity contribution in [1.82, 2.24) is 4.31 Å². The lowest BCUT2D eigenvalue weighted by Crippen LogP contribution is -2.36. The first-order valence-electron chi connectivity index (χ1n) is 6.00. The van der Waals surface area contributed by atoms with Gasteiger partial charge in [-0.25, -0.2) is 12.8 Å². The molecule has 19 heavy (non-hydrogen) atoms. The minimum absolute atomic E-state index is 0.0193. The predicted octanol–water partition coefficient (Wildman–Crippen LogP) is 2.26. The molecule has 1 aromatic carbocycles. The van der Waals surface area contributed by atoms with Gasteiger partial charge in [-0.05, 0) is 26.0 Å². The Bertz CT molecular complexity index is 591. The van der Waals surface area contributed by atoms with Gasteiger partial charge in [0.15, 0.2) is 0 Å². The summed E-state index contributed by atoms with van der Waals surface area (Å²) >= 11 is 0. The SMILES string of the molecule is CCN(Cc1ccc(C#N)cc1F)S(=O)(=O)C(C)C. The van der Waals surface area contributed by atoms with Crippen LogP contribution in [0.25, 0.3) is 0 Å². The maximum Gasteiger partial charge on any atom is 0.216 e. The normalized spacial score (nSPS) is 11.8. The summed E-state index contributed by atoms with van der Waals surface area (Å²) in [6.45, 7) is 5.15. The molecule has 0 spiro atoms. The summed E-state index contributed by atoms with van der Waals surface area (Å²) in [7, 11) is -3.42. The van der Waals surface area contributed by atoms with Gasteiger partial charge in [0.2, 0.25) is 10.0 Å². The number of hydrogen-bond donors (Lipinski definition) is 0. The van der Waals surface area contributed by atoms with E-state index in [1.54, 1.807) is 20.8 Å². The van der Waals surface area contributed by atoms with E-state index in [1.807, 2.05) is 6.07 Å². The van der Waals surface area contributed by atoms with E-state index in [1.165, 1.54) is 16.4 Å². The van der Waals surface area contributed by atoms with Crippen molar-refractivity contribution in [1.29, 1.82) is 5.26 Å². The van der Waals surface area contributed by atoms with Gasteiger partial charge < -0.3 is 0 Å². The Morgan fingerprint density at radius 2 is 2.05 bits per heavy atom. The fourth-order valence-corrected chi connectivity index (χ4v) is 2.89. The van der Waals surface area contributed by atoms with E-state index in [2.05, 4.69) is 0 Å². The molecule has 104 valence electrons. The van der Waals surface area contributed by atoms with Gasteiger partial charge in [0.1, 0.15) is 5.82 Å². The standard InChI is InChI=1S/C13H17FN2O2S/c1-4-16(19(17,18)10(2)3)9-12-6-5-11(8-15)7-13(12)14/h5-7,10H,4,9H2,1-3H3. The second-order valence-corrected chi connectivity index (χ2v) is 6.93. The Morgan fingerprint density at radius 1 is 1.42 bits per heavy atom. The number of hydrogen-bond acceptors (Lipinski definition) is 3. The van der Waals surface area contributed by atoms with Crippen LogP contribution in [0.15, 0.2) is 18.2 Å². The lowest BCUT2D eigenvalue weighted by molar-refractivity contribution is 0.410. The number of halogens is 1. The van der Waals surface area contributed by atoms with Crippen LogP contribution in [0, 0.1) is 17.1 Å². The summed E-state index contributed by atoms with van der Waals surface area (Å²) in [6, 6.07) is 5.89. The second-order valence-electron chi connectivity index (χ2n) is 4.44. The summed E-state index contributed by atoms with van der Waals surface area (Å²) in [5.41, 5.74) is 0.487. The van der Waals surface area contributed by atoms with Crippen molar-refractivity contribution in [2.75, 3.05) is 6.54 Å². The van der Waals surface area contributed by atoms with Crippen molar-refractivity contribution in [2.24, 2.45) is 0 Å². The van der Waals surface area contributed by atoms with Crippen molar-refractivity contribution in [3.8, 4) is 6.07 Å². The fourth-order valence-electron chi connectivity index (χ4n) is 1.61. The average molecular weight is 284 g/mol. The van der Waals surface area contributed by atoms with Crippen molar-refractivity contribution in [3.05, 3.63) is 35.1 Å². The topological polar surface area (TPSA) is 61.2 Å². The first-order valence-corrected chi connectivity index (χ1v) is 7.50. The van der Waals surface area contributed by atoms with Crippen molar-refractivity contribution in [2.45, 2.75) is 32.6 Å². The molecule has 0 fully saturated rings. The Morgan fingerprint density at radius 3 is 2.47 bits per heavy atom. The van der Waals surface area contributed by atoms with E-state index in [0.717, 1.165) is 6.07 Å². The molecule has 0 N–H and O–H groups in total. The summed E-state index contributed by atoms with van der Waals surface area (Å²) in [4.78, 5) is 0. The van der Waals surface area contributed by atoms with Gasteiger partial charge in [-0.3, -0.25) is 0 Å². The molecule has 0 radical (unpaired) electrons. The number of rotatable bonds is 5. The number of nitrogens with zero attached hydrogens (tertiary/aromatic N) is 2. The molecule has 1 aromatic rings. The average Bonchev–Trinajstić information content (AvgIpc) is 2.36. The molecule has 1 rings (SSSR count). The molecular formula is C13H17FN2O2S. The summed E-state index contributed by atoms with van der Waals surface area (Å²) < 4.78 is 39.1. The van der Waals surface area contributed by atoms with E-state index in [4.69, 9.17) is 5.26 Å². The molecular weight excluding hydrogens is 267 g/mol. The minimum Gasteiger partial charge on any atom is -0.212 e. The van der Waals surface area contributed by atoms with Crippen LogP contribution in [0.3, 0.4) is 0 Å². The molecule has 0 bridgehead atoms. The molecule has 0 aromatic heterocycles. The van der Waals surface area contributed by atoms with Gasteiger partial charge in [-0.2, -0.15) is 9.57 Å². The molecule has 0 amide bonds. The number of nitriles is 1. The fraction of sp³-hybridized carbons (Fsp3) is 0.462. The second kappa shape index (κ2) is 6.13. The first kappa shape index (κ1) is 15.6. The molecule has 0 saturated carbocycles. The third kappa shape index (κ3) is 3.52. The molecule has 0 atom stereocenters. The first-order chi connectivity index (χ1) is 8.82. The lowest BCUT2D eigenvalue weighted by Gasteiger charge is -2.23. The third-order valence-electron chi connectivity index (χ3n) is 2.84. The van der Waals surface area contributed by atoms with E-state index >= 15 is 0 Å². The summed E-state index contributed by atoms with van der Waals surface area (Å²) in [5.74, 6) is -0.559. The van der Waals surface area contributed by atoms with Gasteiger partial charge in [-0.15, -0.1) is 0 Å². The van der Waals surface area contributed by atoms with Gasteiger partial charge in [0, 0.05) is 18.7 Å². The maximum atomic E-state index is 13.8. The third-order valence-corrected chi connectivity index (χ3v) is 5.14. The lowest BCUT2D eigenvalue weighted by atomic mass is 10.1. The van der Waals surface area contributed by atoms with Crippen LogP contribution in [0.5, 0.6) is 0 Å². The van der Waals surface area contributed by atoms with E-state index in [-0.39, 0.29) is 24.2 Å². The molecule has 6 heteroatoms. The monoisotopic (exact) mass is 284 g/mol. The summed E-state index contributed by atoms with van der Waals surface area (Å²) in [5, 5.41) is 8.11. The van der Waals surface area contributed by atoms with Crippen LogP contribution in [0.1, 0.15) is 31.9 Å². The zero-order valence-corrected chi connectivity index (χ0v) is 12.0. The Kier molecular flexibility index (Phi) is 5.04. The largest absolute Gasteiger partial charge is 0.216 e. The molecule has 0 saturated heterocycles. The van der Waals surface area contributed by atoms with Crippen LogP contribution in [0.4, 0.5) is 4.39 Å². The summed E-state index contributed by atoms with van der Waals surface area (Å²) in [6.07, 6.45) is 0. The van der Waals surface area contributed by atoms with Crippen LogP contribution in [0.2, 0.25) is 0 Å². The zero-order chi connectivity index (χ0) is 14.6. The highest BCUT2D eigenvalue weighted by Gasteiger charge is 2.25. The quantitative estimate of drug-likeness (QED) is 0.833. The highest BCUT2D eigenvalue weighted by Crippen LogP contribution is 2.17.